The number of hydrogen-bond donors (Lipinski definition) is 1. The molecule has 1 aromatic carbocycles. The van der Waals surface area contributed by atoms with Gasteiger partial charge >= 0.3 is 29.6 Å². The molecule has 1 unspecified atom stereocenters. The van der Waals surface area contributed by atoms with Gasteiger partial charge in [0.2, 0.25) is 0 Å². The van der Waals surface area contributed by atoms with Crippen LogP contribution in [0.15, 0.2) is 29.2 Å². The van der Waals surface area contributed by atoms with Gasteiger partial charge in [0.15, 0.2) is 0 Å². The predicted octanol–water partition coefficient (Wildman–Crippen LogP) is -2.39. The van der Waals surface area contributed by atoms with Crippen molar-refractivity contribution in [2.24, 2.45) is 5.73 Å². The molecule has 6 heteroatoms. The Balaban J connectivity index is 0.00000169. The van der Waals surface area contributed by atoms with E-state index in [9.17, 15) is 13.0 Å². The Morgan fingerprint density at radius 1 is 1.29 bits per heavy atom. The van der Waals surface area contributed by atoms with E-state index in [-0.39, 0.29) is 40.5 Å². The third-order valence-electron chi connectivity index (χ3n) is 1.69. The van der Waals surface area contributed by atoms with Crippen LogP contribution in [0.1, 0.15) is 18.5 Å². The molecule has 2 N–H and O–H groups in total. The normalized spacial score (nSPS) is 13.1. The molecular weight excluding hydrogens is 213 g/mol. The predicted molar refractivity (Wildman–Crippen MR) is 47.0 cm³/mol. The molecule has 0 bridgehead atoms. The van der Waals surface area contributed by atoms with Gasteiger partial charge in [0.1, 0.15) is 10.1 Å². The molecule has 0 fully saturated rings. The first kappa shape index (κ1) is 14.1. The van der Waals surface area contributed by atoms with Crippen molar-refractivity contribution in [2.75, 3.05) is 0 Å². The largest absolute Gasteiger partial charge is 1.00 e. The number of hydrogen-bond acceptors (Lipinski definition) is 4. The number of benzene rings is 1. The Bertz CT molecular complexity index is 386. The minimum absolute atomic E-state index is 0. The Morgan fingerprint density at radius 2 is 1.71 bits per heavy atom. The summed E-state index contributed by atoms with van der Waals surface area (Å²) in [5.41, 5.74) is 6.34. The first-order valence-electron chi connectivity index (χ1n) is 3.72. The molecule has 0 radical (unpaired) electrons. The van der Waals surface area contributed by atoms with E-state index in [2.05, 4.69) is 0 Å². The van der Waals surface area contributed by atoms with Gasteiger partial charge in [0, 0.05) is 6.04 Å². The van der Waals surface area contributed by atoms with Crippen LogP contribution in [0.4, 0.5) is 0 Å². The summed E-state index contributed by atoms with van der Waals surface area (Å²) in [4.78, 5) is -0.225. The minimum atomic E-state index is -4.34. The minimum Gasteiger partial charge on any atom is -0.744 e. The van der Waals surface area contributed by atoms with E-state index in [1.807, 2.05) is 0 Å². The van der Waals surface area contributed by atoms with Crippen molar-refractivity contribution < 1.29 is 42.5 Å². The zero-order valence-electron chi connectivity index (χ0n) is 8.10. The Labute approximate surface area is 106 Å². The van der Waals surface area contributed by atoms with Crippen LogP contribution in [0.3, 0.4) is 0 Å². The molecular formula is C8H10NNaO3S. The summed E-state index contributed by atoms with van der Waals surface area (Å²) in [5, 5.41) is 0. The van der Waals surface area contributed by atoms with Gasteiger partial charge in [-0.15, -0.1) is 0 Å². The Morgan fingerprint density at radius 3 is 2.00 bits per heavy atom. The molecule has 1 atom stereocenters. The van der Waals surface area contributed by atoms with Crippen molar-refractivity contribution >= 4 is 10.1 Å². The van der Waals surface area contributed by atoms with Crippen LogP contribution in [0, 0.1) is 0 Å². The van der Waals surface area contributed by atoms with E-state index in [1.54, 1.807) is 6.92 Å². The van der Waals surface area contributed by atoms with Crippen molar-refractivity contribution in [2.45, 2.75) is 17.9 Å². The van der Waals surface area contributed by atoms with Crippen molar-refractivity contribution in [3.63, 3.8) is 0 Å². The maximum Gasteiger partial charge on any atom is 1.00 e. The van der Waals surface area contributed by atoms with E-state index in [4.69, 9.17) is 5.73 Å². The zero-order chi connectivity index (χ0) is 10.1. The third kappa shape index (κ3) is 3.68. The molecule has 0 aliphatic carbocycles. The second kappa shape index (κ2) is 5.25. The van der Waals surface area contributed by atoms with E-state index in [0.717, 1.165) is 5.56 Å². The van der Waals surface area contributed by atoms with Crippen molar-refractivity contribution in [3.05, 3.63) is 29.8 Å². The molecule has 72 valence electrons. The summed E-state index contributed by atoms with van der Waals surface area (Å²) >= 11 is 0. The van der Waals surface area contributed by atoms with Crippen LogP contribution < -0.4 is 35.3 Å². The fraction of sp³-hybridized carbons (Fsp3) is 0.250. The van der Waals surface area contributed by atoms with E-state index in [1.165, 1.54) is 24.3 Å². The quantitative estimate of drug-likeness (QED) is 0.448. The maximum atomic E-state index is 10.5. The molecule has 0 saturated heterocycles. The van der Waals surface area contributed by atoms with Gasteiger partial charge in [-0.2, -0.15) is 0 Å². The van der Waals surface area contributed by atoms with Gasteiger partial charge < -0.3 is 10.3 Å². The standard InChI is InChI=1S/C8H11NO3S.Na/c1-6(9)7-2-4-8(5-3-7)13(10,11)12;/h2-6H,9H2,1H3,(H,10,11,12);/q;+1/p-1. The van der Waals surface area contributed by atoms with Crippen LogP contribution >= 0.6 is 0 Å². The van der Waals surface area contributed by atoms with Gasteiger partial charge in [0.05, 0.1) is 4.90 Å². The van der Waals surface area contributed by atoms with E-state index < -0.39 is 10.1 Å². The van der Waals surface area contributed by atoms with Gasteiger partial charge in [-0.25, -0.2) is 8.42 Å². The van der Waals surface area contributed by atoms with Crippen LogP contribution in [0.2, 0.25) is 0 Å². The molecule has 0 aromatic heterocycles. The van der Waals surface area contributed by atoms with Crippen molar-refractivity contribution in [1.82, 2.24) is 0 Å². The summed E-state index contributed by atoms with van der Waals surface area (Å²) in [7, 11) is -4.34. The molecule has 0 spiro atoms. The summed E-state index contributed by atoms with van der Waals surface area (Å²) in [6.07, 6.45) is 0. The summed E-state index contributed by atoms with van der Waals surface area (Å²) in [5.74, 6) is 0. The molecule has 4 nitrogen and oxygen atoms in total. The summed E-state index contributed by atoms with van der Waals surface area (Å²) < 4.78 is 31.6. The van der Waals surface area contributed by atoms with Crippen LogP contribution in [-0.2, 0) is 10.1 Å². The second-order valence-corrected chi connectivity index (χ2v) is 4.19. The van der Waals surface area contributed by atoms with E-state index in [0.29, 0.717) is 0 Å². The number of nitrogens with two attached hydrogens (primary N) is 1. The molecule has 0 amide bonds. The van der Waals surface area contributed by atoms with Crippen LogP contribution in [0.5, 0.6) is 0 Å². The smallest absolute Gasteiger partial charge is 0.744 e. The Hall–Kier alpha value is 0.0900. The molecule has 1 rings (SSSR count). The maximum absolute atomic E-state index is 10.5. The first-order valence-corrected chi connectivity index (χ1v) is 5.13. The molecule has 0 aliphatic rings. The Kier molecular flexibility index (Phi) is 5.28. The third-order valence-corrected chi connectivity index (χ3v) is 2.54. The topological polar surface area (TPSA) is 83.2 Å². The molecule has 0 aliphatic heterocycles. The van der Waals surface area contributed by atoms with E-state index >= 15 is 0 Å². The monoisotopic (exact) mass is 223 g/mol. The first-order chi connectivity index (χ1) is 5.91. The van der Waals surface area contributed by atoms with Crippen LogP contribution in [-0.4, -0.2) is 13.0 Å². The molecule has 14 heavy (non-hydrogen) atoms. The SMILES string of the molecule is CC(N)c1ccc(S(=O)(=O)[O-])cc1.[Na+]. The molecule has 0 heterocycles. The summed E-state index contributed by atoms with van der Waals surface area (Å²) in [6.45, 7) is 1.78. The van der Waals surface area contributed by atoms with Gasteiger partial charge in [-0.05, 0) is 24.6 Å². The average Bonchev–Trinajstić information content (AvgIpc) is 2.03. The van der Waals surface area contributed by atoms with Gasteiger partial charge in [-0.3, -0.25) is 0 Å². The summed E-state index contributed by atoms with van der Waals surface area (Å²) in [6, 6.07) is 5.44. The number of rotatable bonds is 2. The fourth-order valence-electron chi connectivity index (χ4n) is 0.938. The van der Waals surface area contributed by atoms with Gasteiger partial charge in [-0.1, -0.05) is 12.1 Å². The molecule has 0 saturated carbocycles. The van der Waals surface area contributed by atoms with Crippen LogP contribution in [0.25, 0.3) is 0 Å². The average molecular weight is 223 g/mol. The second-order valence-electron chi connectivity index (χ2n) is 2.81. The van der Waals surface area contributed by atoms with Crippen molar-refractivity contribution in [3.8, 4) is 0 Å². The van der Waals surface area contributed by atoms with Gasteiger partial charge in [0.25, 0.3) is 0 Å². The zero-order valence-corrected chi connectivity index (χ0v) is 10.9. The fourth-order valence-corrected chi connectivity index (χ4v) is 1.41. The van der Waals surface area contributed by atoms with Crippen molar-refractivity contribution in [1.29, 1.82) is 0 Å². The molecule has 1 aromatic rings.